The van der Waals surface area contributed by atoms with E-state index >= 15 is 0 Å². The highest BCUT2D eigenvalue weighted by molar-refractivity contribution is 6.30. The summed E-state index contributed by atoms with van der Waals surface area (Å²) in [6.45, 7) is 4.04. The first kappa shape index (κ1) is 21.9. The van der Waals surface area contributed by atoms with E-state index in [9.17, 15) is 9.59 Å². The molecule has 2 aromatic rings. The zero-order valence-corrected chi connectivity index (χ0v) is 17.1. The molecule has 3 rings (SSSR count). The van der Waals surface area contributed by atoms with Crippen LogP contribution in [-0.4, -0.2) is 39.9 Å². The third-order valence-corrected chi connectivity index (χ3v) is 5.05. The third kappa shape index (κ3) is 5.56. The van der Waals surface area contributed by atoms with Gasteiger partial charge in [0, 0.05) is 18.1 Å². The number of primary amides is 1. The number of aliphatic hydroxyl groups is 1. The number of amides is 2. The van der Waals surface area contributed by atoms with Crippen LogP contribution in [0.15, 0.2) is 30.3 Å². The monoisotopic (exact) mass is 406 g/mol. The first-order valence-electron chi connectivity index (χ1n) is 9.27. The maximum Gasteiger partial charge on any atom is 0.271 e. The van der Waals surface area contributed by atoms with Crippen molar-refractivity contribution < 1.29 is 14.7 Å². The molecule has 28 heavy (non-hydrogen) atoms. The van der Waals surface area contributed by atoms with Gasteiger partial charge in [-0.25, -0.2) is 0 Å². The molecule has 0 bridgehead atoms. The molecule has 8 heteroatoms. The fourth-order valence-corrected chi connectivity index (χ4v) is 3.40. The molecule has 1 saturated carbocycles. The fourth-order valence-electron chi connectivity index (χ4n) is 3.20. The summed E-state index contributed by atoms with van der Waals surface area (Å²) in [4.78, 5) is 23.2. The van der Waals surface area contributed by atoms with E-state index in [0.717, 1.165) is 24.3 Å². The summed E-state index contributed by atoms with van der Waals surface area (Å²) in [7, 11) is 1.49. The van der Waals surface area contributed by atoms with Crippen molar-refractivity contribution in [1.29, 1.82) is 0 Å². The van der Waals surface area contributed by atoms with Gasteiger partial charge < -0.3 is 16.2 Å². The van der Waals surface area contributed by atoms with Crippen LogP contribution in [0.1, 0.15) is 65.7 Å². The van der Waals surface area contributed by atoms with E-state index in [4.69, 9.17) is 22.4 Å². The van der Waals surface area contributed by atoms with Crippen molar-refractivity contribution in [2.24, 2.45) is 11.7 Å². The first-order chi connectivity index (χ1) is 13.2. The molecule has 1 aromatic carbocycles. The molecule has 7 nitrogen and oxygen atoms in total. The number of nitrogens with zero attached hydrogens (tertiary/aromatic N) is 2. The molecule has 0 aliphatic heterocycles. The summed E-state index contributed by atoms with van der Waals surface area (Å²) in [6, 6.07) is 8.29. The SMILES string of the molecule is CC1CCC(O)C1.CNC(=O)c1cc(C(N)=O)n(C(C)c2cccc(Cl)c2)n1. The van der Waals surface area contributed by atoms with Crippen LogP contribution in [0, 0.1) is 5.92 Å². The quantitative estimate of drug-likeness (QED) is 0.724. The molecule has 2 amide bonds. The molecule has 0 saturated heterocycles. The molecule has 152 valence electrons. The number of carbonyl (C=O) groups excluding carboxylic acids is 2. The van der Waals surface area contributed by atoms with E-state index < -0.39 is 5.91 Å². The molecule has 1 heterocycles. The highest BCUT2D eigenvalue weighted by Gasteiger charge is 2.21. The first-order valence-corrected chi connectivity index (χ1v) is 9.65. The summed E-state index contributed by atoms with van der Waals surface area (Å²) < 4.78 is 1.43. The summed E-state index contributed by atoms with van der Waals surface area (Å²) in [5.74, 6) is -0.254. The third-order valence-electron chi connectivity index (χ3n) is 4.81. The van der Waals surface area contributed by atoms with Crippen LogP contribution in [0.3, 0.4) is 0 Å². The number of hydrogen-bond acceptors (Lipinski definition) is 4. The second-order valence-electron chi connectivity index (χ2n) is 7.11. The average molecular weight is 407 g/mol. The number of benzene rings is 1. The van der Waals surface area contributed by atoms with Crippen molar-refractivity contribution in [3.05, 3.63) is 52.3 Å². The van der Waals surface area contributed by atoms with Crippen molar-refractivity contribution in [2.75, 3.05) is 7.05 Å². The Morgan fingerprint density at radius 2 is 2.07 bits per heavy atom. The molecule has 1 aliphatic carbocycles. The highest BCUT2D eigenvalue weighted by Crippen LogP contribution is 2.24. The molecule has 4 N–H and O–H groups in total. The van der Waals surface area contributed by atoms with E-state index in [1.165, 1.54) is 24.2 Å². The Morgan fingerprint density at radius 1 is 1.36 bits per heavy atom. The molecular formula is C20H27ClN4O3. The minimum absolute atomic E-state index is 0.0231. The van der Waals surface area contributed by atoms with Gasteiger partial charge in [-0.05, 0) is 49.8 Å². The Labute approximate surface area is 169 Å². The Hall–Kier alpha value is -2.38. The normalized spacial score (nSPS) is 19.5. The molecule has 1 aliphatic rings. The van der Waals surface area contributed by atoms with Crippen LogP contribution >= 0.6 is 11.6 Å². The van der Waals surface area contributed by atoms with Gasteiger partial charge in [0.2, 0.25) is 0 Å². The number of rotatable bonds is 4. The largest absolute Gasteiger partial charge is 0.393 e. The topological polar surface area (TPSA) is 110 Å². The average Bonchev–Trinajstić information content (AvgIpc) is 3.27. The van der Waals surface area contributed by atoms with E-state index in [1.54, 1.807) is 18.2 Å². The number of carbonyl (C=O) groups is 2. The number of aromatic nitrogens is 2. The number of nitrogens with one attached hydrogen (secondary N) is 1. The second kappa shape index (κ2) is 9.71. The lowest BCUT2D eigenvalue weighted by Crippen LogP contribution is -2.21. The molecule has 3 unspecified atom stereocenters. The maximum atomic E-state index is 11.7. The predicted molar refractivity (Wildman–Crippen MR) is 108 cm³/mol. The van der Waals surface area contributed by atoms with Crippen molar-refractivity contribution in [1.82, 2.24) is 15.1 Å². The van der Waals surface area contributed by atoms with Crippen LogP contribution in [0.2, 0.25) is 5.02 Å². The highest BCUT2D eigenvalue weighted by atomic mass is 35.5. The Morgan fingerprint density at radius 3 is 2.54 bits per heavy atom. The van der Waals surface area contributed by atoms with Gasteiger partial charge in [-0.1, -0.05) is 30.7 Å². The lowest BCUT2D eigenvalue weighted by Gasteiger charge is -2.15. The molecule has 0 radical (unpaired) electrons. The van der Waals surface area contributed by atoms with Crippen molar-refractivity contribution >= 4 is 23.4 Å². The lowest BCUT2D eigenvalue weighted by atomic mass is 10.1. The second-order valence-corrected chi connectivity index (χ2v) is 7.54. The molecular weight excluding hydrogens is 380 g/mol. The summed E-state index contributed by atoms with van der Waals surface area (Å²) in [5, 5.41) is 16.1. The Kier molecular flexibility index (Phi) is 7.60. The van der Waals surface area contributed by atoms with Gasteiger partial charge >= 0.3 is 0 Å². The number of aliphatic hydroxyl groups excluding tert-OH is 1. The van der Waals surface area contributed by atoms with Crippen LogP contribution < -0.4 is 11.1 Å². The van der Waals surface area contributed by atoms with Gasteiger partial charge in [0.1, 0.15) is 5.69 Å². The maximum absolute atomic E-state index is 11.7. The fraction of sp³-hybridized carbons (Fsp3) is 0.450. The molecule has 1 fully saturated rings. The zero-order valence-electron chi connectivity index (χ0n) is 16.4. The van der Waals surface area contributed by atoms with Crippen LogP contribution in [-0.2, 0) is 0 Å². The minimum atomic E-state index is -0.647. The number of halogens is 1. The smallest absolute Gasteiger partial charge is 0.271 e. The molecule has 3 atom stereocenters. The van der Waals surface area contributed by atoms with E-state index in [1.807, 2.05) is 13.0 Å². The summed E-state index contributed by atoms with van der Waals surface area (Å²) in [5.41, 5.74) is 6.52. The van der Waals surface area contributed by atoms with E-state index in [2.05, 4.69) is 17.3 Å². The van der Waals surface area contributed by atoms with Gasteiger partial charge in [-0.15, -0.1) is 0 Å². The lowest BCUT2D eigenvalue weighted by molar-refractivity contribution is 0.0955. The van der Waals surface area contributed by atoms with Crippen molar-refractivity contribution in [3.63, 3.8) is 0 Å². The molecule has 1 aromatic heterocycles. The number of nitrogens with two attached hydrogens (primary N) is 1. The van der Waals surface area contributed by atoms with E-state index in [0.29, 0.717) is 5.02 Å². The van der Waals surface area contributed by atoms with Crippen LogP contribution in [0.25, 0.3) is 0 Å². The van der Waals surface area contributed by atoms with Gasteiger partial charge in [-0.2, -0.15) is 5.10 Å². The van der Waals surface area contributed by atoms with Crippen molar-refractivity contribution in [2.45, 2.75) is 45.3 Å². The standard InChI is InChI=1S/C14H15ClN4O2.C6H12O/c1-8(9-4-3-5-10(15)6-9)19-12(13(16)20)7-11(18-19)14(21)17-2;1-5-2-3-6(7)4-5/h3-8H,1-2H3,(H2,16,20)(H,17,21);5-7H,2-4H2,1H3. The van der Waals surface area contributed by atoms with Gasteiger partial charge in [0.15, 0.2) is 5.69 Å². The molecule has 0 spiro atoms. The van der Waals surface area contributed by atoms with Gasteiger partial charge in [-0.3, -0.25) is 14.3 Å². The van der Waals surface area contributed by atoms with E-state index in [-0.39, 0.29) is 29.4 Å². The summed E-state index contributed by atoms with van der Waals surface area (Å²) in [6.07, 6.45) is 3.30. The minimum Gasteiger partial charge on any atom is -0.393 e. The van der Waals surface area contributed by atoms with Gasteiger partial charge in [0.05, 0.1) is 12.1 Å². The number of hydrogen-bond donors (Lipinski definition) is 3. The van der Waals surface area contributed by atoms with Gasteiger partial charge in [0.25, 0.3) is 11.8 Å². The van der Waals surface area contributed by atoms with Crippen molar-refractivity contribution in [3.8, 4) is 0 Å². The Bertz CT molecular complexity index is 829. The Balaban J connectivity index is 0.000000336. The van der Waals surface area contributed by atoms with Crippen LogP contribution in [0.4, 0.5) is 0 Å². The summed E-state index contributed by atoms with van der Waals surface area (Å²) >= 11 is 5.97. The van der Waals surface area contributed by atoms with Crippen LogP contribution in [0.5, 0.6) is 0 Å². The zero-order chi connectivity index (χ0) is 20.8. The predicted octanol–water partition coefficient (Wildman–Crippen LogP) is 2.77.